The van der Waals surface area contributed by atoms with Gasteiger partial charge in [-0.15, -0.1) is 0 Å². The second-order valence-corrected chi connectivity index (χ2v) is 4.05. The molecule has 0 aromatic heterocycles. The zero-order valence-electron chi connectivity index (χ0n) is 10.6. The molecular formula is C14H16N2O2. The SMILES string of the molecule is COCCN1C(=O)C(=Cc2ccccc2)N=C1C. The van der Waals surface area contributed by atoms with E-state index in [1.165, 1.54) is 0 Å². The summed E-state index contributed by atoms with van der Waals surface area (Å²) in [6.07, 6.45) is 1.80. The van der Waals surface area contributed by atoms with E-state index in [0.29, 0.717) is 18.8 Å². The number of amides is 1. The second kappa shape index (κ2) is 5.60. The Balaban J connectivity index is 2.18. The monoisotopic (exact) mass is 244 g/mol. The summed E-state index contributed by atoms with van der Waals surface area (Å²) in [6, 6.07) is 9.71. The second-order valence-electron chi connectivity index (χ2n) is 4.05. The van der Waals surface area contributed by atoms with Gasteiger partial charge in [0, 0.05) is 7.11 Å². The molecule has 18 heavy (non-hydrogen) atoms. The minimum Gasteiger partial charge on any atom is -0.383 e. The summed E-state index contributed by atoms with van der Waals surface area (Å²) in [7, 11) is 1.62. The van der Waals surface area contributed by atoms with E-state index in [2.05, 4.69) is 4.99 Å². The van der Waals surface area contributed by atoms with Crippen LogP contribution < -0.4 is 0 Å². The Kier molecular flexibility index (Phi) is 3.89. The molecule has 94 valence electrons. The van der Waals surface area contributed by atoms with Crippen molar-refractivity contribution >= 4 is 17.8 Å². The highest BCUT2D eigenvalue weighted by molar-refractivity contribution is 6.13. The van der Waals surface area contributed by atoms with Crippen LogP contribution in [-0.2, 0) is 9.53 Å². The summed E-state index contributed by atoms with van der Waals surface area (Å²) in [6.45, 7) is 2.88. The Morgan fingerprint density at radius 3 is 2.72 bits per heavy atom. The molecule has 1 aromatic rings. The Labute approximate surface area is 107 Å². The van der Waals surface area contributed by atoms with Gasteiger partial charge in [-0.05, 0) is 18.6 Å². The topological polar surface area (TPSA) is 41.9 Å². The van der Waals surface area contributed by atoms with Gasteiger partial charge in [0.05, 0.1) is 13.2 Å². The van der Waals surface area contributed by atoms with E-state index in [1.54, 1.807) is 18.1 Å². The number of carbonyl (C=O) groups is 1. The van der Waals surface area contributed by atoms with E-state index in [0.717, 1.165) is 11.4 Å². The van der Waals surface area contributed by atoms with Gasteiger partial charge in [-0.25, -0.2) is 4.99 Å². The number of hydrogen-bond donors (Lipinski definition) is 0. The standard InChI is InChI=1S/C14H16N2O2/c1-11-15-13(10-12-6-4-3-5-7-12)14(17)16(11)8-9-18-2/h3-7,10H,8-9H2,1-2H3. The van der Waals surface area contributed by atoms with E-state index >= 15 is 0 Å². The van der Waals surface area contributed by atoms with Crippen LogP contribution in [0.2, 0.25) is 0 Å². The van der Waals surface area contributed by atoms with E-state index in [1.807, 2.05) is 37.3 Å². The fourth-order valence-corrected chi connectivity index (χ4v) is 1.81. The molecule has 4 nitrogen and oxygen atoms in total. The fraction of sp³-hybridized carbons (Fsp3) is 0.286. The van der Waals surface area contributed by atoms with Gasteiger partial charge in [0.2, 0.25) is 0 Å². The summed E-state index contributed by atoms with van der Waals surface area (Å²) in [5, 5.41) is 0. The molecule has 0 unspecified atom stereocenters. The first kappa shape index (κ1) is 12.5. The number of methoxy groups -OCH3 is 1. The molecule has 0 fully saturated rings. The third kappa shape index (κ3) is 2.65. The average Bonchev–Trinajstić information content (AvgIpc) is 2.64. The highest BCUT2D eigenvalue weighted by atomic mass is 16.5. The van der Waals surface area contributed by atoms with Gasteiger partial charge in [-0.3, -0.25) is 9.69 Å². The molecule has 2 rings (SSSR count). The molecule has 1 heterocycles. The first-order chi connectivity index (χ1) is 8.72. The van der Waals surface area contributed by atoms with Crippen LogP contribution in [0.5, 0.6) is 0 Å². The minimum absolute atomic E-state index is 0.0617. The molecular weight excluding hydrogens is 228 g/mol. The number of aliphatic imine (C=N–C) groups is 1. The molecule has 0 atom stereocenters. The van der Waals surface area contributed by atoms with Crippen molar-refractivity contribution in [3.8, 4) is 0 Å². The number of ether oxygens (including phenoxy) is 1. The van der Waals surface area contributed by atoms with Crippen molar-refractivity contribution in [2.45, 2.75) is 6.92 Å². The maximum atomic E-state index is 12.1. The van der Waals surface area contributed by atoms with Gasteiger partial charge in [0.25, 0.3) is 5.91 Å². The van der Waals surface area contributed by atoms with Crippen LogP contribution in [0.15, 0.2) is 41.0 Å². The average molecular weight is 244 g/mol. The summed E-state index contributed by atoms with van der Waals surface area (Å²) < 4.78 is 4.99. The minimum atomic E-state index is -0.0617. The van der Waals surface area contributed by atoms with Crippen LogP contribution >= 0.6 is 0 Å². The quantitative estimate of drug-likeness (QED) is 0.759. The number of benzene rings is 1. The molecule has 0 spiro atoms. The zero-order valence-corrected chi connectivity index (χ0v) is 10.6. The van der Waals surface area contributed by atoms with Gasteiger partial charge in [0.15, 0.2) is 0 Å². The van der Waals surface area contributed by atoms with Gasteiger partial charge in [-0.1, -0.05) is 30.3 Å². The summed E-state index contributed by atoms with van der Waals surface area (Å²) in [4.78, 5) is 18.0. The van der Waals surface area contributed by atoms with Crippen molar-refractivity contribution in [3.05, 3.63) is 41.6 Å². The highest BCUT2D eigenvalue weighted by Crippen LogP contribution is 2.17. The zero-order chi connectivity index (χ0) is 13.0. The van der Waals surface area contributed by atoms with E-state index < -0.39 is 0 Å². The normalized spacial score (nSPS) is 17.4. The molecule has 0 N–H and O–H groups in total. The number of nitrogens with zero attached hydrogens (tertiary/aromatic N) is 2. The van der Waals surface area contributed by atoms with Crippen LogP contribution in [0.4, 0.5) is 0 Å². The predicted molar refractivity (Wildman–Crippen MR) is 71.1 cm³/mol. The highest BCUT2D eigenvalue weighted by Gasteiger charge is 2.26. The van der Waals surface area contributed by atoms with Crippen LogP contribution in [-0.4, -0.2) is 36.9 Å². The number of rotatable bonds is 4. The maximum Gasteiger partial charge on any atom is 0.277 e. The van der Waals surface area contributed by atoms with Crippen molar-refractivity contribution in [2.24, 2.45) is 4.99 Å². The summed E-state index contributed by atoms with van der Waals surface area (Å²) in [5.74, 6) is 0.660. The molecule has 1 aliphatic heterocycles. The number of hydrogen-bond acceptors (Lipinski definition) is 3. The fourth-order valence-electron chi connectivity index (χ4n) is 1.81. The van der Waals surface area contributed by atoms with Crippen molar-refractivity contribution in [3.63, 3.8) is 0 Å². The molecule has 0 aliphatic carbocycles. The van der Waals surface area contributed by atoms with Crippen LogP contribution in [0.3, 0.4) is 0 Å². The largest absolute Gasteiger partial charge is 0.383 e. The Morgan fingerprint density at radius 1 is 1.33 bits per heavy atom. The first-order valence-electron chi connectivity index (χ1n) is 5.85. The lowest BCUT2D eigenvalue weighted by Crippen LogP contribution is -2.33. The Hall–Kier alpha value is -1.94. The molecule has 1 aromatic carbocycles. The molecule has 0 bridgehead atoms. The molecule has 1 aliphatic rings. The molecule has 1 amide bonds. The molecule has 0 radical (unpaired) electrons. The van der Waals surface area contributed by atoms with Crippen molar-refractivity contribution in [1.29, 1.82) is 0 Å². The third-order valence-electron chi connectivity index (χ3n) is 2.76. The van der Waals surface area contributed by atoms with Crippen LogP contribution in [0.1, 0.15) is 12.5 Å². The lowest BCUT2D eigenvalue weighted by molar-refractivity contribution is -0.123. The van der Waals surface area contributed by atoms with Gasteiger partial charge >= 0.3 is 0 Å². The van der Waals surface area contributed by atoms with Crippen molar-refractivity contribution < 1.29 is 9.53 Å². The van der Waals surface area contributed by atoms with Gasteiger partial charge < -0.3 is 4.74 Å². The number of carbonyl (C=O) groups excluding carboxylic acids is 1. The molecule has 0 saturated carbocycles. The Morgan fingerprint density at radius 2 is 2.06 bits per heavy atom. The molecule has 0 saturated heterocycles. The predicted octanol–water partition coefficient (Wildman–Crippen LogP) is 1.93. The van der Waals surface area contributed by atoms with Gasteiger partial charge in [0.1, 0.15) is 11.5 Å². The third-order valence-corrected chi connectivity index (χ3v) is 2.76. The lowest BCUT2D eigenvalue weighted by Gasteiger charge is -2.14. The first-order valence-corrected chi connectivity index (χ1v) is 5.85. The smallest absolute Gasteiger partial charge is 0.277 e. The van der Waals surface area contributed by atoms with Crippen molar-refractivity contribution in [1.82, 2.24) is 4.90 Å². The Bertz CT molecular complexity index is 492. The van der Waals surface area contributed by atoms with Crippen LogP contribution in [0.25, 0.3) is 6.08 Å². The van der Waals surface area contributed by atoms with E-state index in [4.69, 9.17) is 4.74 Å². The lowest BCUT2D eigenvalue weighted by atomic mass is 10.2. The van der Waals surface area contributed by atoms with Crippen LogP contribution in [0, 0.1) is 0 Å². The maximum absolute atomic E-state index is 12.1. The van der Waals surface area contributed by atoms with E-state index in [-0.39, 0.29) is 5.91 Å². The summed E-state index contributed by atoms with van der Waals surface area (Å²) >= 11 is 0. The molecule has 4 heteroatoms. The number of amidine groups is 1. The van der Waals surface area contributed by atoms with E-state index in [9.17, 15) is 4.79 Å². The van der Waals surface area contributed by atoms with Crippen molar-refractivity contribution in [2.75, 3.05) is 20.3 Å². The van der Waals surface area contributed by atoms with Gasteiger partial charge in [-0.2, -0.15) is 0 Å². The summed E-state index contributed by atoms with van der Waals surface area (Å²) in [5.41, 5.74) is 1.46.